The van der Waals surface area contributed by atoms with Crippen LogP contribution in [0, 0.1) is 0 Å². The van der Waals surface area contributed by atoms with Crippen molar-refractivity contribution >= 4 is 29.2 Å². The Morgan fingerprint density at radius 3 is 1.52 bits per heavy atom. The average molecular weight is 325 g/mol. The van der Waals surface area contributed by atoms with Gasteiger partial charge in [-0.1, -0.05) is 47.5 Å². The summed E-state index contributed by atoms with van der Waals surface area (Å²) < 4.78 is 10.5. The molecule has 0 aromatic heterocycles. The third-order valence-electron chi connectivity index (χ3n) is 3.28. The first-order chi connectivity index (χ1) is 10.0. The highest BCUT2D eigenvalue weighted by molar-refractivity contribution is 6.30. The van der Waals surface area contributed by atoms with Gasteiger partial charge in [0.1, 0.15) is 0 Å². The Morgan fingerprint density at radius 2 is 1.24 bits per heavy atom. The number of esters is 1. The minimum Gasteiger partial charge on any atom is -0.466 e. The van der Waals surface area contributed by atoms with E-state index in [4.69, 9.17) is 32.7 Å². The van der Waals surface area contributed by atoms with Gasteiger partial charge in [-0.05, 0) is 35.4 Å². The molecule has 0 unspecified atom stereocenters. The van der Waals surface area contributed by atoms with Gasteiger partial charge in [0.05, 0.1) is 7.11 Å². The fraction of sp³-hybridized carbons (Fsp3) is 0.188. The smallest absolute Gasteiger partial charge is 0.347 e. The predicted octanol–water partition coefficient (Wildman–Crippen LogP) is 4.06. The highest BCUT2D eigenvalue weighted by Crippen LogP contribution is 2.35. The normalized spacial score (nSPS) is 11.2. The molecule has 0 radical (unpaired) electrons. The first-order valence-electron chi connectivity index (χ1n) is 6.20. The van der Waals surface area contributed by atoms with E-state index in [0.29, 0.717) is 21.2 Å². The van der Waals surface area contributed by atoms with Gasteiger partial charge < -0.3 is 9.47 Å². The van der Waals surface area contributed by atoms with Gasteiger partial charge in [-0.15, -0.1) is 0 Å². The molecule has 5 heteroatoms. The summed E-state index contributed by atoms with van der Waals surface area (Å²) in [5, 5.41) is 1.15. The molecular formula is C16H14Cl2O3. The Bertz CT molecular complexity index is 575. The van der Waals surface area contributed by atoms with Gasteiger partial charge in [0.25, 0.3) is 0 Å². The Balaban J connectivity index is 2.66. The molecule has 0 saturated heterocycles. The summed E-state index contributed by atoms with van der Waals surface area (Å²) in [4.78, 5) is 12.4. The van der Waals surface area contributed by atoms with E-state index in [1.54, 1.807) is 48.5 Å². The quantitative estimate of drug-likeness (QED) is 0.796. The van der Waals surface area contributed by atoms with Crippen LogP contribution in [0.3, 0.4) is 0 Å². The summed E-state index contributed by atoms with van der Waals surface area (Å²) in [6.07, 6.45) is 0. The van der Waals surface area contributed by atoms with E-state index < -0.39 is 11.6 Å². The number of halogens is 2. The summed E-state index contributed by atoms with van der Waals surface area (Å²) >= 11 is 11.8. The number of carbonyl (C=O) groups is 1. The maximum absolute atomic E-state index is 12.4. The molecular weight excluding hydrogens is 311 g/mol. The predicted molar refractivity (Wildman–Crippen MR) is 82.7 cm³/mol. The summed E-state index contributed by atoms with van der Waals surface area (Å²) in [5.41, 5.74) is -0.101. The molecule has 0 saturated carbocycles. The van der Waals surface area contributed by atoms with E-state index in [9.17, 15) is 4.79 Å². The molecule has 0 heterocycles. The topological polar surface area (TPSA) is 35.5 Å². The molecule has 0 aliphatic heterocycles. The van der Waals surface area contributed by atoms with Gasteiger partial charge in [0.2, 0.25) is 5.60 Å². The van der Waals surface area contributed by atoms with Gasteiger partial charge >= 0.3 is 5.97 Å². The van der Waals surface area contributed by atoms with E-state index in [2.05, 4.69) is 0 Å². The standard InChI is InChI=1S/C16H14Cl2O3/c1-20-15(19)16(21-2,11-3-7-13(17)8-4-11)12-5-9-14(18)10-6-12/h3-10H,1-2H3. The third kappa shape index (κ3) is 2.91. The minimum atomic E-state index is -1.36. The van der Waals surface area contributed by atoms with Crippen LogP contribution < -0.4 is 0 Å². The van der Waals surface area contributed by atoms with E-state index in [0.717, 1.165) is 0 Å². The SMILES string of the molecule is COC(=O)C(OC)(c1ccc(Cl)cc1)c1ccc(Cl)cc1. The van der Waals surface area contributed by atoms with E-state index in [1.807, 2.05) is 0 Å². The monoisotopic (exact) mass is 324 g/mol. The summed E-state index contributed by atoms with van der Waals surface area (Å²) in [5.74, 6) is -0.519. The molecule has 0 fully saturated rings. The lowest BCUT2D eigenvalue weighted by atomic mass is 9.86. The van der Waals surface area contributed by atoms with Crippen molar-refractivity contribution in [2.24, 2.45) is 0 Å². The fourth-order valence-electron chi connectivity index (χ4n) is 2.23. The Morgan fingerprint density at radius 1 is 0.857 bits per heavy atom. The zero-order chi connectivity index (χ0) is 15.5. The Kier molecular flexibility index (Phi) is 4.88. The number of ether oxygens (including phenoxy) is 2. The zero-order valence-electron chi connectivity index (χ0n) is 11.6. The molecule has 0 amide bonds. The highest BCUT2D eigenvalue weighted by atomic mass is 35.5. The molecule has 0 aliphatic rings. The van der Waals surface area contributed by atoms with Crippen LogP contribution in [0.25, 0.3) is 0 Å². The molecule has 2 aromatic rings. The Labute approximate surface area is 133 Å². The van der Waals surface area contributed by atoms with Gasteiger partial charge in [-0.3, -0.25) is 0 Å². The molecule has 3 nitrogen and oxygen atoms in total. The maximum atomic E-state index is 12.4. The van der Waals surface area contributed by atoms with E-state index in [-0.39, 0.29) is 0 Å². The summed E-state index contributed by atoms with van der Waals surface area (Å²) in [6.45, 7) is 0. The summed E-state index contributed by atoms with van der Waals surface area (Å²) in [7, 11) is 2.78. The molecule has 2 rings (SSSR count). The van der Waals surface area contributed by atoms with Gasteiger partial charge in [0, 0.05) is 17.2 Å². The Hall–Kier alpha value is -1.55. The number of benzene rings is 2. The lowest BCUT2D eigenvalue weighted by Gasteiger charge is -2.30. The van der Waals surface area contributed by atoms with Crippen LogP contribution in [0.4, 0.5) is 0 Å². The second kappa shape index (κ2) is 6.48. The van der Waals surface area contributed by atoms with Crippen molar-refractivity contribution in [2.45, 2.75) is 5.60 Å². The zero-order valence-corrected chi connectivity index (χ0v) is 13.1. The second-order valence-corrected chi connectivity index (χ2v) is 5.26. The van der Waals surface area contributed by atoms with Crippen LogP contribution in [0.15, 0.2) is 48.5 Å². The maximum Gasteiger partial charge on any atom is 0.347 e. The van der Waals surface area contributed by atoms with Crippen LogP contribution in [0.5, 0.6) is 0 Å². The van der Waals surface area contributed by atoms with Crippen LogP contribution in [0.2, 0.25) is 10.0 Å². The van der Waals surface area contributed by atoms with Crippen molar-refractivity contribution in [3.63, 3.8) is 0 Å². The first kappa shape index (κ1) is 15.8. The van der Waals surface area contributed by atoms with Crippen LogP contribution in [-0.2, 0) is 19.9 Å². The first-order valence-corrected chi connectivity index (χ1v) is 6.96. The molecule has 0 N–H and O–H groups in total. The number of hydrogen-bond acceptors (Lipinski definition) is 3. The van der Waals surface area contributed by atoms with E-state index >= 15 is 0 Å². The molecule has 0 bridgehead atoms. The highest BCUT2D eigenvalue weighted by Gasteiger charge is 2.43. The number of rotatable bonds is 4. The van der Waals surface area contributed by atoms with Crippen molar-refractivity contribution in [3.05, 3.63) is 69.7 Å². The van der Waals surface area contributed by atoms with Gasteiger partial charge in [0.15, 0.2) is 0 Å². The van der Waals surface area contributed by atoms with Crippen molar-refractivity contribution < 1.29 is 14.3 Å². The minimum absolute atomic E-state index is 0.519. The molecule has 21 heavy (non-hydrogen) atoms. The molecule has 2 aromatic carbocycles. The number of hydrogen-bond donors (Lipinski definition) is 0. The van der Waals surface area contributed by atoms with Gasteiger partial charge in [-0.25, -0.2) is 4.79 Å². The van der Waals surface area contributed by atoms with Crippen molar-refractivity contribution in [1.29, 1.82) is 0 Å². The number of methoxy groups -OCH3 is 2. The average Bonchev–Trinajstić information content (AvgIpc) is 2.51. The van der Waals surface area contributed by atoms with Crippen molar-refractivity contribution in [1.82, 2.24) is 0 Å². The molecule has 0 spiro atoms. The lowest BCUT2D eigenvalue weighted by molar-refractivity contribution is -0.162. The molecule has 0 atom stereocenters. The van der Waals surface area contributed by atoms with Crippen LogP contribution >= 0.6 is 23.2 Å². The summed E-state index contributed by atoms with van der Waals surface area (Å²) in [6, 6.07) is 13.7. The van der Waals surface area contributed by atoms with Crippen LogP contribution in [-0.4, -0.2) is 20.2 Å². The molecule has 0 aliphatic carbocycles. The second-order valence-electron chi connectivity index (χ2n) is 4.39. The number of carbonyl (C=O) groups excluding carboxylic acids is 1. The largest absolute Gasteiger partial charge is 0.466 e. The fourth-order valence-corrected chi connectivity index (χ4v) is 2.49. The van der Waals surface area contributed by atoms with E-state index in [1.165, 1.54) is 14.2 Å². The van der Waals surface area contributed by atoms with Crippen molar-refractivity contribution in [3.8, 4) is 0 Å². The van der Waals surface area contributed by atoms with Crippen LogP contribution in [0.1, 0.15) is 11.1 Å². The van der Waals surface area contributed by atoms with Crippen molar-refractivity contribution in [2.75, 3.05) is 14.2 Å². The lowest BCUT2D eigenvalue weighted by Crippen LogP contribution is -2.40. The molecule has 110 valence electrons. The van der Waals surface area contributed by atoms with Gasteiger partial charge in [-0.2, -0.15) is 0 Å². The third-order valence-corrected chi connectivity index (χ3v) is 3.78.